The van der Waals surface area contributed by atoms with Crippen LogP contribution in [-0.4, -0.2) is 76.7 Å². The van der Waals surface area contributed by atoms with Crippen LogP contribution in [0.5, 0.6) is 0 Å². The number of aromatic nitrogens is 3. The van der Waals surface area contributed by atoms with Gasteiger partial charge in [0.15, 0.2) is 5.82 Å². The topological polar surface area (TPSA) is 86.3 Å². The summed E-state index contributed by atoms with van der Waals surface area (Å²) in [5, 5.41) is 8.27. The molecular weight excluding hydrogens is 531 g/mol. The van der Waals surface area contributed by atoms with E-state index in [1.54, 1.807) is 35.9 Å². The third kappa shape index (κ3) is 5.61. The molecule has 218 valence electrons. The predicted molar refractivity (Wildman–Crippen MR) is 163 cm³/mol. The summed E-state index contributed by atoms with van der Waals surface area (Å²) in [5.74, 6) is -0.0740. The molecule has 8 nitrogen and oxygen atoms in total. The molecule has 9 heteroatoms. The molecule has 2 aromatic carbocycles. The molecule has 0 radical (unpaired) electrons. The molecule has 0 spiro atoms. The fourth-order valence-electron chi connectivity index (χ4n) is 6.13. The highest BCUT2D eigenvalue weighted by atomic mass is 19.1. The molecule has 0 aliphatic carbocycles. The largest absolute Gasteiger partial charge is 0.348 e. The molecule has 4 aromatic rings. The molecule has 2 aliphatic rings. The molecule has 2 N–H and O–H groups in total. The van der Waals surface area contributed by atoms with Crippen LogP contribution in [0, 0.1) is 5.82 Å². The van der Waals surface area contributed by atoms with E-state index in [0.29, 0.717) is 60.6 Å². The second kappa shape index (κ2) is 11.9. The summed E-state index contributed by atoms with van der Waals surface area (Å²) in [6.45, 7) is 3.49. The van der Waals surface area contributed by atoms with Gasteiger partial charge in [0.05, 0.1) is 5.52 Å². The Hall–Kier alpha value is -4.24. The Balaban J connectivity index is 1.35. The normalized spacial score (nSPS) is 16.1. The number of carbonyl (C=O) groups excluding carboxylic acids is 2. The summed E-state index contributed by atoms with van der Waals surface area (Å²) in [5.41, 5.74) is 5.01. The molecule has 2 aliphatic heterocycles. The Labute approximate surface area is 245 Å². The second-order valence-electron chi connectivity index (χ2n) is 11.5. The highest BCUT2D eigenvalue weighted by Crippen LogP contribution is 2.38. The highest BCUT2D eigenvalue weighted by Gasteiger charge is 2.25. The van der Waals surface area contributed by atoms with Gasteiger partial charge in [0, 0.05) is 63.5 Å². The number of amides is 2. The molecule has 1 saturated heterocycles. The zero-order valence-electron chi connectivity index (χ0n) is 24.2. The van der Waals surface area contributed by atoms with E-state index in [-0.39, 0.29) is 11.8 Å². The maximum absolute atomic E-state index is 16.3. The number of piperidine rings is 1. The van der Waals surface area contributed by atoms with E-state index in [2.05, 4.69) is 39.7 Å². The van der Waals surface area contributed by atoms with Crippen LogP contribution in [0.2, 0.25) is 0 Å². The Kier molecular flexibility index (Phi) is 7.93. The van der Waals surface area contributed by atoms with Crippen molar-refractivity contribution in [2.24, 2.45) is 0 Å². The van der Waals surface area contributed by atoms with Gasteiger partial charge in [0.25, 0.3) is 5.91 Å². The standard InChI is InChI=1S/C33H37FN6O2/c1-38(2)33(42)29-20-28-26(24-8-6-22(7-9-24)23-10-14-35-15-11-23)19-27(31(34)32(28)37-29)25-5-3-16-39(21-25)30(41)12-18-40-17-4-13-36-40/h4-9,13,17,19-20,23,35,37H,3,10-12,14-16,18,21H2,1-2H3. The molecule has 0 saturated carbocycles. The fraction of sp³-hybridized carbons (Fsp3) is 0.364. The molecule has 0 bridgehead atoms. The SMILES string of the molecule is CN(C)C(=O)c1cc2c(-c3ccc(C4CCNCC4)cc3)cc(C3=CCCN(C(=O)CCn4cccn4)C3)c(F)c2[nH]1. The number of aryl methyl sites for hydroxylation is 1. The van der Waals surface area contributed by atoms with E-state index in [9.17, 15) is 9.59 Å². The minimum Gasteiger partial charge on any atom is -0.348 e. The first-order valence-electron chi connectivity index (χ1n) is 14.7. The summed E-state index contributed by atoms with van der Waals surface area (Å²) in [6, 6.07) is 14.0. The summed E-state index contributed by atoms with van der Waals surface area (Å²) >= 11 is 0. The van der Waals surface area contributed by atoms with Crippen LogP contribution >= 0.6 is 0 Å². The lowest BCUT2D eigenvalue weighted by molar-refractivity contribution is -0.131. The van der Waals surface area contributed by atoms with Crippen LogP contribution in [0.25, 0.3) is 27.6 Å². The van der Waals surface area contributed by atoms with Gasteiger partial charge in [-0.1, -0.05) is 30.3 Å². The molecular formula is C33H37FN6O2. The van der Waals surface area contributed by atoms with E-state index in [1.807, 2.05) is 24.4 Å². The molecule has 4 heterocycles. The number of hydrogen-bond acceptors (Lipinski definition) is 4. The van der Waals surface area contributed by atoms with Gasteiger partial charge in [-0.3, -0.25) is 14.3 Å². The van der Waals surface area contributed by atoms with Crippen molar-refractivity contribution < 1.29 is 14.0 Å². The zero-order chi connectivity index (χ0) is 29.2. The number of carbonyl (C=O) groups is 2. The third-order valence-electron chi connectivity index (χ3n) is 8.48. The lowest BCUT2D eigenvalue weighted by Gasteiger charge is -2.28. The van der Waals surface area contributed by atoms with Crippen molar-refractivity contribution in [1.82, 2.24) is 29.9 Å². The fourth-order valence-corrected chi connectivity index (χ4v) is 6.13. The van der Waals surface area contributed by atoms with Crippen molar-refractivity contribution in [2.45, 2.75) is 38.1 Å². The van der Waals surface area contributed by atoms with Crippen molar-refractivity contribution in [3.63, 3.8) is 0 Å². The van der Waals surface area contributed by atoms with Gasteiger partial charge >= 0.3 is 0 Å². The molecule has 42 heavy (non-hydrogen) atoms. The summed E-state index contributed by atoms with van der Waals surface area (Å²) in [7, 11) is 3.36. The van der Waals surface area contributed by atoms with E-state index in [4.69, 9.17) is 0 Å². The van der Waals surface area contributed by atoms with Gasteiger partial charge in [0.1, 0.15) is 5.69 Å². The molecule has 0 atom stereocenters. The van der Waals surface area contributed by atoms with Crippen LogP contribution in [0.4, 0.5) is 4.39 Å². The monoisotopic (exact) mass is 568 g/mol. The summed E-state index contributed by atoms with van der Waals surface area (Å²) in [6.07, 6.45) is 8.77. The third-order valence-corrected chi connectivity index (χ3v) is 8.48. The zero-order valence-corrected chi connectivity index (χ0v) is 24.2. The van der Waals surface area contributed by atoms with E-state index < -0.39 is 5.82 Å². The van der Waals surface area contributed by atoms with Crippen molar-refractivity contribution in [1.29, 1.82) is 0 Å². The van der Waals surface area contributed by atoms with Gasteiger partial charge in [-0.05, 0) is 78.7 Å². The Morgan fingerprint density at radius 3 is 2.60 bits per heavy atom. The Morgan fingerprint density at radius 1 is 1.10 bits per heavy atom. The van der Waals surface area contributed by atoms with Crippen LogP contribution in [-0.2, 0) is 11.3 Å². The number of benzene rings is 2. The minimum absolute atomic E-state index is 0.0186. The Morgan fingerprint density at radius 2 is 1.88 bits per heavy atom. The lowest BCUT2D eigenvalue weighted by atomic mass is 9.88. The second-order valence-corrected chi connectivity index (χ2v) is 11.5. The maximum Gasteiger partial charge on any atom is 0.269 e. The van der Waals surface area contributed by atoms with Gasteiger partial charge in [-0.25, -0.2) is 4.39 Å². The van der Waals surface area contributed by atoms with Crippen LogP contribution in [0.3, 0.4) is 0 Å². The first kappa shape index (κ1) is 27.9. The summed E-state index contributed by atoms with van der Waals surface area (Å²) < 4.78 is 18.0. The smallest absolute Gasteiger partial charge is 0.269 e. The number of halogens is 1. The van der Waals surface area contributed by atoms with E-state index >= 15 is 4.39 Å². The van der Waals surface area contributed by atoms with E-state index in [0.717, 1.165) is 42.6 Å². The molecule has 1 fully saturated rings. The maximum atomic E-state index is 16.3. The average molecular weight is 569 g/mol. The number of nitrogens with zero attached hydrogens (tertiary/aromatic N) is 4. The molecule has 6 rings (SSSR count). The van der Waals surface area contributed by atoms with Crippen LogP contribution in [0.1, 0.15) is 53.2 Å². The van der Waals surface area contributed by atoms with Crippen molar-refractivity contribution in [3.05, 3.63) is 83.6 Å². The van der Waals surface area contributed by atoms with Crippen LogP contribution in [0.15, 0.2) is 60.9 Å². The van der Waals surface area contributed by atoms with Crippen molar-refractivity contribution >= 4 is 28.3 Å². The lowest BCUT2D eigenvalue weighted by Crippen LogP contribution is -2.36. The molecule has 0 unspecified atom stereocenters. The number of fused-ring (bicyclic) bond motifs is 1. The number of rotatable bonds is 7. The molecule has 2 aromatic heterocycles. The van der Waals surface area contributed by atoms with Gasteiger partial charge in [0.2, 0.25) is 5.91 Å². The van der Waals surface area contributed by atoms with Crippen molar-refractivity contribution in [2.75, 3.05) is 40.3 Å². The molecule has 2 amide bonds. The van der Waals surface area contributed by atoms with Gasteiger partial charge in [-0.2, -0.15) is 5.10 Å². The first-order chi connectivity index (χ1) is 20.4. The quantitative estimate of drug-likeness (QED) is 0.327. The van der Waals surface area contributed by atoms with E-state index in [1.165, 1.54) is 10.5 Å². The first-order valence-corrected chi connectivity index (χ1v) is 14.7. The van der Waals surface area contributed by atoms with Crippen LogP contribution < -0.4 is 5.32 Å². The number of hydrogen-bond donors (Lipinski definition) is 2. The number of nitrogens with one attached hydrogen (secondary N) is 2. The number of H-pyrrole nitrogens is 1. The van der Waals surface area contributed by atoms with Gasteiger partial charge < -0.3 is 20.1 Å². The summed E-state index contributed by atoms with van der Waals surface area (Å²) in [4.78, 5) is 32.3. The highest BCUT2D eigenvalue weighted by molar-refractivity contribution is 6.04. The predicted octanol–water partition coefficient (Wildman–Crippen LogP) is 5.05. The van der Waals surface area contributed by atoms with Crippen molar-refractivity contribution in [3.8, 4) is 11.1 Å². The average Bonchev–Trinajstić information content (AvgIpc) is 3.71. The Bertz CT molecular complexity index is 1610. The number of aromatic amines is 1. The minimum atomic E-state index is -0.407. The van der Waals surface area contributed by atoms with Gasteiger partial charge in [-0.15, -0.1) is 0 Å².